The summed E-state index contributed by atoms with van der Waals surface area (Å²) in [5.74, 6) is 0.0346. The summed E-state index contributed by atoms with van der Waals surface area (Å²) in [4.78, 5) is 32.9. The van der Waals surface area contributed by atoms with Crippen LogP contribution in [0.1, 0.15) is 17.2 Å². The van der Waals surface area contributed by atoms with Gasteiger partial charge in [-0.25, -0.2) is 4.98 Å². The molecule has 174 valence electrons. The van der Waals surface area contributed by atoms with Crippen LogP contribution in [0, 0.1) is 0 Å². The van der Waals surface area contributed by atoms with Crippen LogP contribution in [0.5, 0.6) is 0 Å². The molecule has 0 saturated heterocycles. The van der Waals surface area contributed by atoms with E-state index in [1.54, 1.807) is 10.6 Å². The second-order valence-electron chi connectivity index (χ2n) is 8.28. The molecule has 0 bridgehead atoms. The Labute approximate surface area is 203 Å². The van der Waals surface area contributed by atoms with E-state index in [4.69, 9.17) is 4.98 Å². The van der Waals surface area contributed by atoms with Crippen LogP contribution in [0.4, 0.5) is 0 Å². The molecule has 1 aromatic heterocycles. The molecular weight excluding hydrogens is 444 g/mol. The summed E-state index contributed by atoms with van der Waals surface area (Å²) in [6.07, 6.45) is 0. The third kappa shape index (κ3) is 5.73. The third-order valence-corrected chi connectivity index (χ3v) is 6.48. The fourth-order valence-corrected chi connectivity index (χ4v) is 4.57. The van der Waals surface area contributed by atoms with E-state index in [1.807, 2.05) is 97.9 Å². The van der Waals surface area contributed by atoms with E-state index < -0.39 is 0 Å². The number of nitrogens with one attached hydrogen (secondary N) is 1. The Morgan fingerprint density at radius 3 is 2.15 bits per heavy atom. The number of carbonyl (C=O) groups excluding carboxylic acids is 1. The number of rotatable bonds is 9. The highest BCUT2D eigenvalue weighted by atomic mass is 32.2. The summed E-state index contributed by atoms with van der Waals surface area (Å²) in [6.45, 7) is 1.20. The van der Waals surface area contributed by atoms with Gasteiger partial charge in [0.2, 0.25) is 5.91 Å². The first-order chi connectivity index (χ1) is 16.5. The Bertz CT molecular complexity index is 1270. The Kier molecular flexibility index (Phi) is 7.77. The van der Waals surface area contributed by atoms with Gasteiger partial charge in [-0.05, 0) is 37.4 Å². The normalized spacial score (nSPS) is 11.3. The predicted molar refractivity (Wildman–Crippen MR) is 138 cm³/mol. The molecule has 0 unspecified atom stereocenters. The molecule has 1 amide bonds. The van der Waals surface area contributed by atoms with Crippen molar-refractivity contribution in [3.05, 3.63) is 106 Å². The lowest BCUT2D eigenvalue weighted by Gasteiger charge is -2.20. The topological polar surface area (TPSA) is 67.2 Å². The van der Waals surface area contributed by atoms with Crippen molar-refractivity contribution >= 4 is 28.6 Å². The van der Waals surface area contributed by atoms with Gasteiger partial charge in [0.15, 0.2) is 5.16 Å². The Morgan fingerprint density at radius 2 is 1.53 bits per heavy atom. The number of hydrogen-bond acceptors (Lipinski definition) is 5. The highest BCUT2D eigenvalue weighted by Crippen LogP contribution is 2.23. The molecule has 7 heteroatoms. The van der Waals surface area contributed by atoms with Crippen molar-refractivity contribution in [1.82, 2.24) is 19.8 Å². The maximum absolute atomic E-state index is 13.1. The average molecular weight is 473 g/mol. The molecule has 4 rings (SSSR count). The van der Waals surface area contributed by atoms with E-state index in [-0.39, 0.29) is 23.3 Å². The first-order valence-corrected chi connectivity index (χ1v) is 12.2. The minimum Gasteiger partial charge on any atom is -0.344 e. The zero-order valence-corrected chi connectivity index (χ0v) is 20.2. The van der Waals surface area contributed by atoms with Crippen LogP contribution in [0.25, 0.3) is 10.9 Å². The van der Waals surface area contributed by atoms with Gasteiger partial charge in [-0.15, -0.1) is 0 Å². The van der Waals surface area contributed by atoms with Crippen LogP contribution < -0.4 is 10.9 Å². The van der Waals surface area contributed by atoms with Gasteiger partial charge in [-0.3, -0.25) is 14.2 Å². The Balaban J connectivity index is 1.56. The van der Waals surface area contributed by atoms with E-state index in [9.17, 15) is 9.59 Å². The summed E-state index contributed by atoms with van der Waals surface area (Å²) in [5.41, 5.74) is 2.59. The van der Waals surface area contributed by atoms with Gasteiger partial charge in [0.25, 0.3) is 5.56 Å². The number of hydrogen-bond donors (Lipinski definition) is 1. The number of fused-ring (bicyclic) bond motifs is 1. The van der Waals surface area contributed by atoms with Crippen LogP contribution in [-0.4, -0.2) is 46.8 Å². The van der Waals surface area contributed by atoms with Gasteiger partial charge < -0.3 is 10.2 Å². The molecule has 1 N–H and O–H groups in total. The number of likely N-dealkylation sites (N-methyl/N-ethyl adjacent to an activating group) is 1. The second-order valence-corrected chi connectivity index (χ2v) is 9.22. The van der Waals surface area contributed by atoms with Crippen molar-refractivity contribution in [2.45, 2.75) is 17.7 Å². The molecule has 1 heterocycles. The number of para-hydroxylation sites is 1. The van der Waals surface area contributed by atoms with Crippen LogP contribution in [0.2, 0.25) is 0 Å². The minimum absolute atomic E-state index is 0.0817. The smallest absolute Gasteiger partial charge is 0.262 e. The molecule has 0 aliphatic carbocycles. The second kappa shape index (κ2) is 11.1. The molecule has 0 atom stereocenters. The zero-order chi connectivity index (χ0) is 23.9. The molecule has 3 aromatic carbocycles. The fourth-order valence-electron chi connectivity index (χ4n) is 3.74. The number of thioether (sulfide) groups is 1. The van der Waals surface area contributed by atoms with Gasteiger partial charge in [-0.1, -0.05) is 84.6 Å². The highest BCUT2D eigenvalue weighted by molar-refractivity contribution is 7.99. The molecule has 4 aromatic rings. The SMILES string of the molecule is CN(C)CCn1c(SCC(=O)NC(c2ccccc2)c2ccccc2)nc2ccccc2c1=O. The number of amides is 1. The van der Waals surface area contributed by atoms with Crippen LogP contribution in [0.3, 0.4) is 0 Å². The van der Waals surface area contributed by atoms with Gasteiger partial charge in [0.1, 0.15) is 0 Å². The van der Waals surface area contributed by atoms with E-state index in [0.717, 1.165) is 11.1 Å². The van der Waals surface area contributed by atoms with Crippen molar-refractivity contribution in [3.8, 4) is 0 Å². The van der Waals surface area contributed by atoms with Crippen molar-refractivity contribution in [3.63, 3.8) is 0 Å². The third-order valence-electron chi connectivity index (χ3n) is 5.50. The summed E-state index contributed by atoms with van der Waals surface area (Å²) in [6, 6.07) is 26.9. The van der Waals surface area contributed by atoms with Gasteiger partial charge in [0.05, 0.1) is 22.7 Å². The summed E-state index contributed by atoms with van der Waals surface area (Å²) in [5, 5.41) is 4.30. The largest absolute Gasteiger partial charge is 0.344 e. The van der Waals surface area contributed by atoms with E-state index in [2.05, 4.69) is 5.32 Å². The fraction of sp³-hybridized carbons (Fsp3) is 0.222. The number of carbonyl (C=O) groups is 1. The van der Waals surface area contributed by atoms with Crippen molar-refractivity contribution in [2.24, 2.45) is 0 Å². The van der Waals surface area contributed by atoms with Gasteiger partial charge in [-0.2, -0.15) is 0 Å². The van der Waals surface area contributed by atoms with E-state index >= 15 is 0 Å². The van der Waals surface area contributed by atoms with Gasteiger partial charge in [0, 0.05) is 13.1 Å². The Morgan fingerprint density at radius 1 is 0.941 bits per heavy atom. The van der Waals surface area contributed by atoms with Crippen LogP contribution in [0.15, 0.2) is 94.9 Å². The number of benzene rings is 3. The first kappa shape index (κ1) is 23.7. The lowest BCUT2D eigenvalue weighted by Crippen LogP contribution is -2.32. The number of aromatic nitrogens is 2. The average Bonchev–Trinajstić information content (AvgIpc) is 2.86. The van der Waals surface area contributed by atoms with E-state index in [1.165, 1.54) is 11.8 Å². The van der Waals surface area contributed by atoms with E-state index in [0.29, 0.717) is 29.1 Å². The summed E-state index contributed by atoms with van der Waals surface area (Å²) < 4.78 is 1.67. The molecule has 6 nitrogen and oxygen atoms in total. The van der Waals surface area contributed by atoms with Crippen LogP contribution in [-0.2, 0) is 11.3 Å². The van der Waals surface area contributed by atoms with Crippen LogP contribution >= 0.6 is 11.8 Å². The molecule has 0 aliphatic heterocycles. The molecule has 34 heavy (non-hydrogen) atoms. The molecule has 0 radical (unpaired) electrons. The van der Waals surface area contributed by atoms with Gasteiger partial charge >= 0.3 is 0 Å². The maximum atomic E-state index is 13.1. The summed E-state index contributed by atoms with van der Waals surface area (Å²) in [7, 11) is 3.93. The van der Waals surface area contributed by atoms with Crippen molar-refractivity contribution in [2.75, 3.05) is 26.4 Å². The quantitative estimate of drug-likeness (QED) is 0.295. The minimum atomic E-state index is -0.254. The Hall–Kier alpha value is -3.42. The van der Waals surface area contributed by atoms with Crippen molar-refractivity contribution < 1.29 is 4.79 Å². The highest BCUT2D eigenvalue weighted by Gasteiger charge is 2.18. The lowest BCUT2D eigenvalue weighted by atomic mass is 9.99. The summed E-state index contributed by atoms with van der Waals surface area (Å²) >= 11 is 1.29. The standard InChI is InChI=1S/C27H28N4O2S/c1-30(2)17-18-31-26(33)22-15-9-10-16-23(22)28-27(31)34-19-24(32)29-25(20-11-5-3-6-12-20)21-13-7-4-8-14-21/h3-16,25H,17-19H2,1-2H3,(H,29,32). The zero-order valence-electron chi connectivity index (χ0n) is 19.3. The number of nitrogens with zero attached hydrogens (tertiary/aromatic N) is 3. The van der Waals surface area contributed by atoms with Crippen molar-refractivity contribution in [1.29, 1.82) is 0 Å². The molecule has 0 saturated carbocycles. The first-order valence-electron chi connectivity index (χ1n) is 11.2. The molecule has 0 spiro atoms. The maximum Gasteiger partial charge on any atom is 0.262 e. The molecular formula is C27H28N4O2S. The molecule has 0 fully saturated rings. The predicted octanol–water partition coefficient (Wildman–Crippen LogP) is 3.96. The molecule has 0 aliphatic rings. The lowest BCUT2D eigenvalue weighted by molar-refractivity contribution is -0.119. The monoisotopic (exact) mass is 472 g/mol.